The molecule has 1 saturated heterocycles. The highest BCUT2D eigenvalue weighted by molar-refractivity contribution is 7.89. The lowest BCUT2D eigenvalue weighted by Gasteiger charge is -2.25. The third kappa shape index (κ3) is 8.88. The zero-order valence-corrected chi connectivity index (χ0v) is 28.6. The summed E-state index contributed by atoms with van der Waals surface area (Å²) < 4.78 is 34.4. The molecule has 16 heteroatoms. The van der Waals surface area contributed by atoms with Crippen LogP contribution in [0.1, 0.15) is 43.1 Å². The predicted molar refractivity (Wildman–Crippen MR) is 175 cm³/mol. The predicted octanol–water partition coefficient (Wildman–Crippen LogP) is 5.71. The molecule has 0 bridgehead atoms. The van der Waals surface area contributed by atoms with Crippen LogP contribution < -0.4 is 10.6 Å². The zero-order valence-electron chi connectivity index (χ0n) is 24.8. The maximum Gasteiger partial charge on any atom is 0.326 e. The molecule has 0 radical (unpaired) electrons. The van der Waals surface area contributed by atoms with E-state index >= 15 is 0 Å². The standard InChI is InChI=1S/C30H30Cl4N4O7S/c1-30(2,3)45-20-12-25(38(15-20)46(43,44)21-10-17(31)9-18(32)11-21)27(39)37-24(29(41)42)8-16-4-6-19(7-5-16)36-28(40)26-22(33)13-35-14-23(26)34/h4-7,9-11,13-14,20,24-25H,8,12,15H2,1-3H3,(H,36,40)(H,37,39)(H,41,42)/t20-,24+,25?/m1/s1. The lowest BCUT2D eigenvalue weighted by molar-refractivity contribution is -0.142. The van der Waals surface area contributed by atoms with Gasteiger partial charge in [-0.1, -0.05) is 58.5 Å². The first-order chi connectivity index (χ1) is 21.4. The molecule has 0 spiro atoms. The van der Waals surface area contributed by atoms with Crippen LogP contribution in [0.25, 0.3) is 0 Å². The molecule has 2 aromatic carbocycles. The molecule has 0 aliphatic carbocycles. The number of benzene rings is 2. The number of carbonyl (C=O) groups is 3. The van der Waals surface area contributed by atoms with Crippen molar-refractivity contribution in [2.75, 3.05) is 11.9 Å². The van der Waals surface area contributed by atoms with Gasteiger partial charge < -0.3 is 20.5 Å². The summed E-state index contributed by atoms with van der Waals surface area (Å²) in [5.41, 5.74) is 0.305. The van der Waals surface area contributed by atoms with Gasteiger partial charge in [-0.25, -0.2) is 13.2 Å². The van der Waals surface area contributed by atoms with Crippen LogP contribution in [0.2, 0.25) is 20.1 Å². The molecule has 246 valence electrons. The second kappa shape index (κ2) is 14.4. The topological polar surface area (TPSA) is 155 Å². The van der Waals surface area contributed by atoms with Gasteiger partial charge in [-0.15, -0.1) is 0 Å². The van der Waals surface area contributed by atoms with Crippen molar-refractivity contribution in [3.05, 3.63) is 86.1 Å². The Morgan fingerprint density at radius 1 is 1.02 bits per heavy atom. The Morgan fingerprint density at radius 2 is 1.61 bits per heavy atom. The zero-order chi connectivity index (χ0) is 34.0. The van der Waals surface area contributed by atoms with Gasteiger partial charge in [-0.05, 0) is 56.7 Å². The van der Waals surface area contributed by atoms with Crippen LogP contribution in [0, 0.1) is 0 Å². The van der Waals surface area contributed by atoms with Crippen molar-refractivity contribution in [1.29, 1.82) is 0 Å². The van der Waals surface area contributed by atoms with Crippen molar-refractivity contribution in [1.82, 2.24) is 14.6 Å². The first-order valence-corrected chi connectivity index (χ1v) is 16.8. The highest BCUT2D eigenvalue weighted by Gasteiger charge is 2.46. The molecule has 11 nitrogen and oxygen atoms in total. The number of carboxylic acid groups (broad SMARTS) is 1. The normalized spacial score (nSPS) is 17.8. The number of nitrogens with one attached hydrogen (secondary N) is 2. The van der Waals surface area contributed by atoms with Gasteiger partial charge in [0.2, 0.25) is 15.9 Å². The summed E-state index contributed by atoms with van der Waals surface area (Å²) in [6.07, 6.45) is 1.78. The Kier molecular flexibility index (Phi) is 11.3. The van der Waals surface area contributed by atoms with Crippen LogP contribution in [0.15, 0.2) is 59.8 Å². The third-order valence-electron chi connectivity index (χ3n) is 6.83. The van der Waals surface area contributed by atoms with E-state index in [9.17, 15) is 27.9 Å². The minimum atomic E-state index is -4.30. The van der Waals surface area contributed by atoms with Gasteiger partial charge in [0, 0.05) is 47.5 Å². The molecule has 1 unspecified atom stereocenters. The van der Waals surface area contributed by atoms with Crippen molar-refractivity contribution in [3.63, 3.8) is 0 Å². The molecule has 4 rings (SSSR count). The second-order valence-electron chi connectivity index (χ2n) is 11.5. The van der Waals surface area contributed by atoms with Gasteiger partial charge in [-0.3, -0.25) is 14.6 Å². The number of hydrogen-bond acceptors (Lipinski definition) is 7. The number of amides is 2. The van der Waals surface area contributed by atoms with Gasteiger partial charge >= 0.3 is 5.97 Å². The van der Waals surface area contributed by atoms with Crippen molar-refractivity contribution in [2.24, 2.45) is 0 Å². The van der Waals surface area contributed by atoms with Gasteiger partial charge in [0.1, 0.15) is 12.1 Å². The first-order valence-electron chi connectivity index (χ1n) is 13.8. The Bertz CT molecular complexity index is 1710. The largest absolute Gasteiger partial charge is 0.480 e. The summed E-state index contributed by atoms with van der Waals surface area (Å²) in [7, 11) is -4.30. The number of rotatable bonds is 10. The summed E-state index contributed by atoms with van der Waals surface area (Å²) in [6, 6.07) is 7.40. The molecule has 3 atom stereocenters. The number of carbonyl (C=O) groups excluding carboxylic acids is 2. The van der Waals surface area contributed by atoms with Gasteiger partial charge in [0.05, 0.1) is 32.2 Å². The molecule has 46 heavy (non-hydrogen) atoms. The van der Waals surface area contributed by atoms with Gasteiger partial charge in [0.25, 0.3) is 5.91 Å². The number of sulfonamides is 1. The summed E-state index contributed by atoms with van der Waals surface area (Å²) in [6.45, 7) is 5.26. The van der Waals surface area contributed by atoms with E-state index in [0.717, 1.165) is 4.31 Å². The first kappa shape index (κ1) is 35.9. The van der Waals surface area contributed by atoms with Crippen molar-refractivity contribution in [2.45, 2.75) is 62.3 Å². The van der Waals surface area contributed by atoms with E-state index in [1.165, 1.54) is 30.6 Å². The maximum atomic E-state index is 13.7. The number of aliphatic carboxylic acids is 1. The Balaban J connectivity index is 1.51. The number of aromatic nitrogens is 1. The maximum absolute atomic E-state index is 13.7. The average molecular weight is 732 g/mol. The minimum absolute atomic E-state index is 0.0110. The van der Waals surface area contributed by atoms with Crippen molar-refractivity contribution < 1.29 is 32.6 Å². The van der Waals surface area contributed by atoms with Gasteiger partial charge in [-0.2, -0.15) is 4.31 Å². The Hall–Kier alpha value is -2.97. The number of halogens is 4. The quantitative estimate of drug-likeness (QED) is 0.240. The van der Waals surface area contributed by atoms with E-state index in [2.05, 4.69) is 15.6 Å². The number of carboxylic acids is 1. The van der Waals surface area contributed by atoms with Crippen molar-refractivity contribution in [3.8, 4) is 0 Å². The van der Waals surface area contributed by atoms with Crippen LogP contribution in [-0.4, -0.2) is 70.9 Å². The summed E-state index contributed by atoms with van der Waals surface area (Å²) >= 11 is 24.2. The van der Waals surface area contributed by atoms with Crippen LogP contribution in [-0.2, 0) is 30.8 Å². The van der Waals surface area contributed by atoms with Crippen LogP contribution >= 0.6 is 46.4 Å². The van der Waals surface area contributed by atoms with E-state index in [0.29, 0.717) is 11.3 Å². The van der Waals surface area contributed by atoms with Crippen LogP contribution in [0.4, 0.5) is 5.69 Å². The highest BCUT2D eigenvalue weighted by atomic mass is 35.5. The smallest absolute Gasteiger partial charge is 0.326 e. The molecular formula is C30H30Cl4N4O7S. The van der Waals surface area contributed by atoms with Crippen molar-refractivity contribution >= 4 is 79.9 Å². The van der Waals surface area contributed by atoms with E-state index in [1.54, 1.807) is 45.0 Å². The number of anilines is 1. The Morgan fingerprint density at radius 3 is 2.15 bits per heavy atom. The molecule has 1 aromatic heterocycles. The molecule has 0 saturated carbocycles. The molecule has 2 heterocycles. The molecule has 1 aliphatic rings. The molecule has 3 aromatic rings. The molecular weight excluding hydrogens is 702 g/mol. The van der Waals surface area contributed by atoms with E-state index in [4.69, 9.17) is 51.1 Å². The Labute approximate surface area is 286 Å². The SMILES string of the molecule is CC(C)(C)O[C@@H]1CC(C(=O)N[C@@H](Cc2ccc(NC(=O)c3c(Cl)cncc3Cl)cc2)C(=O)O)N(S(=O)(=O)c2cc(Cl)cc(Cl)c2)C1. The highest BCUT2D eigenvalue weighted by Crippen LogP contribution is 2.32. The lowest BCUT2D eigenvalue weighted by Crippen LogP contribution is -2.51. The number of ether oxygens (including phenoxy) is 1. The average Bonchev–Trinajstić information content (AvgIpc) is 3.36. The lowest BCUT2D eigenvalue weighted by atomic mass is 10.0. The monoisotopic (exact) mass is 730 g/mol. The van der Waals surface area contributed by atoms with Crippen LogP contribution in [0.3, 0.4) is 0 Å². The fraction of sp³-hybridized carbons (Fsp3) is 0.333. The molecule has 3 N–H and O–H groups in total. The fourth-order valence-corrected chi connectivity index (χ4v) is 7.81. The second-order valence-corrected chi connectivity index (χ2v) is 15.1. The fourth-order valence-electron chi connectivity index (χ4n) is 4.92. The van der Waals surface area contributed by atoms with E-state index in [1.807, 2.05) is 0 Å². The molecule has 1 aliphatic heterocycles. The summed E-state index contributed by atoms with van der Waals surface area (Å²) in [5, 5.41) is 15.4. The summed E-state index contributed by atoms with van der Waals surface area (Å²) in [4.78, 5) is 42.1. The van der Waals surface area contributed by atoms with Gasteiger partial charge in [0.15, 0.2) is 0 Å². The number of pyridine rings is 1. The minimum Gasteiger partial charge on any atom is -0.480 e. The number of hydrogen-bond donors (Lipinski definition) is 3. The van der Waals surface area contributed by atoms with E-state index < -0.39 is 51.6 Å². The summed E-state index contributed by atoms with van der Waals surface area (Å²) in [5.74, 6) is -2.70. The molecule has 2 amide bonds. The third-order valence-corrected chi connectivity index (χ3v) is 9.69. The van der Waals surface area contributed by atoms with Crippen LogP contribution in [0.5, 0.6) is 0 Å². The molecule has 1 fully saturated rings. The van der Waals surface area contributed by atoms with E-state index in [-0.39, 0.29) is 49.9 Å². The number of nitrogens with zero attached hydrogens (tertiary/aromatic N) is 2.